The van der Waals surface area contributed by atoms with Gasteiger partial charge in [0.15, 0.2) is 0 Å². The van der Waals surface area contributed by atoms with Gasteiger partial charge in [0.25, 0.3) is 0 Å². The van der Waals surface area contributed by atoms with Crippen LogP contribution in [0, 0.1) is 0 Å². The molecule has 0 aromatic rings. The molecule has 0 radical (unpaired) electrons. The Kier molecular flexibility index (Phi) is 2.66. The number of aliphatic hydroxyl groups is 2. The van der Waals surface area contributed by atoms with Crippen molar-refractivity contribution < 1.29 is 14.9 Å². The summed E-state index contributed by atoms with van der Waals surface area (Å²) in [5.74, 6) is 0.639. The monoisotopic (exact) mass is 223 g/mol. The van der Waals surface area contributed by atoms with Crippen molar-refractivity contribution >= 4 is 0 Å². The van der Waals surface area contributed by atoms with Crippen LogP contribution in [0.1, 0.15) is 20.3 Å². The molecule has 4 N–H and O–H groups in total. The van der Waals surface area contributed by atoms with Gasteiger partial charge in [0.2, 0.25) is 6.29 Å². The second-order valence-electron chi connectivity index (χ2n) is 4.67. The van der Waals surface area contributed by atoms with E-state index in [0.29, 0.717) is 17.8 Å². The van der Waals surface area contributed by atoms with Gasteiger partial charge < -0.3 is 20.7 Å². The molecule has 0 spiro atoms. The molecule has 2 unspecified atom stereocenters. The molecule has 0 saturated heterocycles. The van der Waals surface area contributed by atoms with Crippen molar-refractivity contribution in [3.05, 3.63) is 35.1 Å². The molecule has 16 heavy (non-hydrogen) atoms. The molecule has 3 atom stereocenters. The largest absolute Gasteiger partial charge is 0.461 e. The Hall–Kier alpha value is -1.10. The second kappa shape index (κ2) is 3.73. The number of nitrogens with two attached hydrogens (primary N) is 1. The Morgan fingerprint density at radius 1 is 1.62 bits per heavy atom. The quantitative estimate of drug-likeness (QED) is 0.607. The predicted octanol–water partition coefficient (Wildman–Crippen LogP) is 0.574. The third-order valence-corrected chi connectivity index (χ3v) is 2.83. The van der Waals surface area contributed by atoms with E-state index in [4.69, 9.17) is 10.5 Å². The summed E-state index contributed by atoms with van der Waals surface area (Å²) in [7, 11) is 0. The van der Waals surface area contributed by atoms with Crippen LogP contribution >= 0.6 is 0 Å². The maximum Gasteiger partial charge on any atom is 0.223 e. The number of allylic oxidation sites excluding steroid dienone is 1. The zero-order valence-corrected chi connectivity index (χ0v) is 9.47. The van der Waals surface area contributed by atoms with Crippen molar-refractivity contribution in [2.45, 2.75) is 38.2 Å². The zero-order chi connectivity index (χ0) is 11.9. The fourth-order valence-electron chi connectivity index (χ4n) is 1.91. The van der Waals surface area contributed by atoms with Gasteiger partial charge in [0, 0.05) is 16.7 Å². The fraction of sp³-hybridized carbons (Fsp3) is 0.500. The third kappa shape index (κ3) is 2.04. The fourth-order valence-corrected chi connectivity index (χ4v) is 1.91. The number of fused-ring (bicyclic) bond motifs is 1. The molecule has 0 saturated carbocycles. The molecule has 0 amide bonds. The smallest absolute Gasteiger partial charge is 0.223 e. The minimum absolute atomic E-state index is 0.398. The van der Waals surface area contributed by atoms with Gasteiger partial charge in [-0.05, 0) is 32.4 Å². The number of hydrogen-bond acceptors (Lipinski definition) is 4. The molecule has 0 aromatic carbocycles. The summed E-state index contributed by atoms with van der Waals surface area (Å²) < 4.78 is 5.32. The molecule has 1 heterocycles. The van der Waals surface area contributed by atoms with Gasteiger partial charge in [0.05, 0.1) is 6.10 Å². The van der Waals surface area contributed by atoms with Crippen LogP contribution in [0.2, 0.25) is 0 Å². The molecular weight excluding hydrogens is 206 g/mol. The van der Waals surface area contributed by atoms with Crippen LogP contribution in [0.4, 0.5) is 0 Å². The van der Waals surface area contributed by atoms with Crippen LogP contribution in [0.5, 0.6) is 0 Å². The lowest BCUT2D eigenvalue weighted by Crippen LogP contribution is -2.37. The normalized spacial score (nSPS) is 35.3. The van der Waals surface area contributed by atoms with Crippen molar-refractivity contribution in [1.29, 1.82) is 0 Å². The Labute approximate surface area is 94.7 Å². The van der Waals surface area contributed by atoms with Crippen LogP contribution in [-0.4, -0.2) is 28.1 Å². The van der Waals surface area contributed by atoms with E-state index in [9.17, 15) is 10.2 Å². The molecule has 1 aliphatic carbocycles. The van der Waals surface area contributed by atoms with Crippen LogP contribution in [0.15, 0.2) is 35.1 Å². The predicted molar refractivity (Wildman–Crippen MR) is 60.2 cm³/mol. The first-order chi connectivity index (χ1) is 7.39. The summed E-state index contributed by atoms with van der Waals surface area (Å²) in [5.41, 5.74) is 6.90. The molecular formula is C12H17NO3. The molecule has 0 bridgehead atoms. The minimum atomic E-state index is -1.06. The molecule has 1 aliphatic heterocycles. The van der Waals surface area contributed by atoms with Gasteiger partial charge in [-0.3, -0.25) is 0 Å². The highest BCUT2D eigenvalue weighted by atomic mass is 16.6. The van der Waals surface area contributed by atoms with Gasteiger partial charge in [-0.2, -0.15) is 0 Å². The lowest BCUT2D eigenvalue weighted by atomic mass is 9.87. The van der Waals surface area contributed by atoms with Crippen LogP contribution < -0.4 is 5.73 Å². The van der Waals surface area contributed by atoms with E-state index in [-0.39, 0.29) is 0 Å². The zero-order valence-electron chi connectivity index (χ0n) is 9.47. The standard InChI is InChI=1S/C12H17NO3/c1-7(14)9-5-8-6-12(2,13)4-3-10(8)16-11(9)15/h3,5-7,11,14-15H,4,13H2,1-2H3/t7?,11?,12-/m0/s1. The topological polar surface area (TPSA) is 75.7 Å². The average Bonchev–Trinajstić information content (AvgIpc) is 2.16. The lowest BCUT2D eigenvalue weighted by Gasteiger charge is -2.32. The minimum Gasteiger partial charge on any atom is -0.461 e. The molecule has 4 heteroatoms. The van der Waals surface area contributed by atoms with Crippen molar-refractivity contribution in [3.8, 4) is 0 Å². The average molecular weight is 223 g/mol. The molecule has 2 aliphatic rings. The third-order valence-electron chi connectivity index (χ3n) is 2.83. The first-order valence-electron chi connectivity index (χ1n) is 5.35. The van der Waals surface area contributed by atoms with Gasteiger partial charge in [0.1, 0.15) is 5.76 Å². The number of aliphatic hydroxyl groups excluding tert-OH is 2. The Morgan fingerprint density at radius 3 is 2.94 bits per heavy atom. The SMILES string of the molecule is CC(O)C1=CC2=C[C@@](C)(N)CC=C2OC1O. The number of hydrogen-bond donors (Lipinski definition) is 3. The lowest BCUT2D eigenvalue weighted by molar-refractivity contribution is -0.0496. The van der Waals surface area contributed by atoms with E-state index >= 15 is 0 Å². The highest BCUT2D eigenvalue weighted by Crippen LogP contribution is 2.33. The van der Waals surface area contributed by atoms with Crippen LogP contribution in [0.25, 0.3) is 0 Å². The highest BCUT2D eigenvalue weighted by Gasteiger charge is 2.29. The van der Waals surface area contributed by atoms with Crippen molar-refractivity contribution in [2.24, 2.45) is 5.73 Å². The Morgan fingerprint density at radius 2 is 2.31 bits per heavy atom. The number of rotatable bonds is 1. The van der Waals surface area contributed by atoms with E-state index in [2.05, 4.69) is 0 Å². The van der Waals surface area contributed by atoms with Crippen LogP contribution in [0.3, 0.4) is 0 Å². The molecule has 88 valence electrons. The van der Waals surface area contributed by atoms with Gasteiger partial charge in [-0.1, -0.05) is 6.08 Å². The van der Waals surface area contributed by atoms with E-state index in [1.54, 1.807) is 13.0 Å². The summed E-state index contributed by atoms with van der Waals surface area (Å²) in [6.45, 7) is 3.52. The van der Waals surface area contributed by atoms with E-state index < -0.39 is 17.9 Å². The molecule has 4 nitrogen and oxygen atoms in total. The van der Waals surface area contributed by atoms with Crippen molar-refractivity contribution in [3.63, 3.8) is 0 Å². The van der Waals surface area contributed by atoms with Gasteiger partial charge >= 0.3 is 0 Å². The van der Waals surface area contributed by atoms with Crippen molar-refractivity contribution in [2.75, 3.05) is 0 Å². The molecule has 0 aromatic heterocycles. The van der Waals surface area contributed by atoms with Gasteiger partial charge in [-0.25, -0.2) is 0 Å². The maximum absolute atomic E-state index is 9.66. The maximum atomic E-state index is 9.66. The summed E-state index contributed by atoms with van der Waals surface area (Å²) >= 11 is 0. The first-order valence-corrected chi connectivity index (χ1v) is 5.35. The summed E-state index contributed by atoms with van der Waals surface area (Å²) in [4.78, 5) is 0. The van der Waals surface area contributed by atoms with E-state index in [1.165, 1.54) is 0 Å². The van der Waals surface area contributed by atoms with Gasteiger partial charge in [-0.15, -0.1) is 0 Å². The highest BCUT2D eigenvalue weighted by molar-refractivity contribution is 5.46. The van der Waals surface area contributed by atoms with E-state index in [0.717, 1.165) is 5.57 Å². The number of ether oxygens (including phenoxy) is 1. The van der Waals surface area contributed by atoms with Crippen LogP contribution in [-0.2, 0) is 4.74 Å². The Bertz CT molecular complexity index is 391. The molecule has 0 fully saturated rings. The summed E-state index contributed by atoms with van der Waals surface area (Å²) in [5, 5.41) is 19.1. The summed E-state index contributed by atoms with van der Waals surface area (Å²) in [6, 6.07) is 0. The van der Waals surface area contributed by atoms with E-state index in [1.807, 2.05) is 19.1 Å². The van der Waals surface area contributed by atoms with Crippen molar-refractivity contribution in [1.82, 2.24) is 0 Å². The summed E-state index contributed by atoms with van der Waals surface area (Å²) in [6.07, 6.45) is 4.39. The first kappa shape index (κ1) is 11.4. The Balaban J connectivity index is 2.39. The molecule has 2 rings (SSSR count). The second-order valence-corrected chi connectivity index (χ2v) is 4.67.